The SMILES string of the molecule is O=C(CC1CCCCC1)c1cc(-c2cn(-c3ccc(C(=O)O)c(O)c3)nn2)nc(-c2cn(-c3ccc(C(=O)O)c(O)c3)nn2)c1. The average molecular weight is 610 g/mol. The van der Waals surface area contributed by atoms with Crippen LogP contribution in [-0.4, -0.2) is 73.1 Å². The molecule has 0 saturated heterocycles. The molecule has 3 aromatic heterocycles. The summed E-state index contributed by atoms with van der Waals surface area (Å²) in [6, 6.07) is 11.3. The normalized spacial score (nSPS) is 13.5. The van der Waals surface area contributed by atoms with Gasteiger partial charge in [0.2, 0.25) is 0 Å². The van der Waals surface area contributed by atoms with E-state index in [2.05, 4.69) is 25.6 Å². The maximum Gasteiger partial charge on any atom is 0.339 e. The molecule has 5 aromatic rings. The Labute approximate surface area is 255 Å². The molecule has 0 bridgehead atoms. The Bertz CT molecular complexity index is 1820. The van der Waals surface area contributed by atoms with Crippen LogP contribution >= 0.6 is 0 Å². The van der Waals surface area contributed by atoms with Gasteiger partial charge >= 0.3 is 11.9 Å². The predicted molar refractivity (Wildman–Crippen MR) is 158 cm³/mol. The lowest BCUT2D eigenvalue weighted by atomic mass is 9.84. The van der Waals surface area contributed by atoms with Crippen LogP contribution < -0.4 is 0 Å². The third-order valence-electron chi connectivity index (χ3n) is 7.81. The molecule has 1 fully saturated rings. The zero-order valence-corrected chi connectivity index (χ0v) is 23.7. The molecule has 1 aliphatic carbocycles. The molecule has 0 aliphatic heterocycles. The van der Waals surface area contributed by atoms with Crippen molar-refractivity contribution in [2.45, 2.75) is 38.5 Å². The van der Waals surface area contributed by atoms with E-state index in [0.717, 1.165) is 25.7 Å². The van der Waals surface area contributed by atoms with Gasteiger partial charge in [-0.1, -0.05) is 42.5 Å². The summed E-state index contributed by atoms with van der Waals surface area (Å²) in [5.41, 5.74) is 1.91. The van der Waals surface area contributed by atoms with Gasteiger partial charge in [0.05, 0.1) is 35.2 Å². The smallest absolute Gasteiger partial charge is 0.339 e. The lowest BCUT2D eigenvalue weighted by Gasteiger charge is -2.20. The molecule has 4 N–H and O–H groups in total. The van der Waals surface area contributed by atoms with E-state index < -0.39 is 23.4 Å². The maximum absolute atomic E-state index is 13.5. The third-order valence-corrected chi connectivity index (χ3v) is 7.81. The molecule has 45 heavy (non-hydrogen) atoms. The first-order valence-electron chi connectivity index (χ1n) is 14.2. The number of hydrogen-bond acceptors (Lipinski definition) is 10. The number of hydrogen-bond donors (Lipinski definition) is 4. The molecular formula is C31H27N7O7. The molecule has 3 heterocycles. The molecule has 1 aliphatic rings. The highest BCUT2D eigenvalue weighted by molar-refractivity contribution is 5.98. The Morgan fingerprint density at radius 3 is 1.62 bits per heavy atom. The zero-order chi connectivity index (χ0) is 31.7. The minimum absolute atomic E-state index is 0.0463. The molecule has 14 nitrogen and oxygen atoms in total. The lowest BCUT2D eigenvalue weighted by Crippen LogP contribution is -2.12. The second kappa shape index (κ2) is 12.0. The van der Waals surface area contributed by atoms with Crippen molar-refractivity contribution in [3.8, 4) is 45.6 Å². The fraction of sp³-hybridized carbons (Fsp3) is 0.226. The van der Waals surface area contributed by atoms with Crippen molar-refractivity contribution in [1.29, 1.82) is 0 Å². The van der Waals surface area contributed by atoms with Crippen LogP contribution in [0.15, 0.2) is 60.9 Å². The summed E-state index contributed by atoms with van der Waals surface area (Å²) in [6.45, 7) is 0. The molecule has 0 unspecified atom stereocenters. The summed E-state index contributed by atoms with van der Waals surface area (Å²) in [5.74, 6) is -3.14. The second-order valence-corrected chi connectivity index (χ2v) is 10.9. The van der Waals surface area contributed by atoms with Gasteiger partial charge in [-0.15, -0.1) is 10.2 Å². The Kier molecular flexibility index (Phi) is 7.77. The van der Waals surface area contributed by atoms with E-state index in [1.165, 1.54) is 52.2 Å². The number of carbonyl (C=O) groups is 3. The summed E-state index contributed by atoms with van der Waals surface area (Å²) in [5, 5.41) is 55.3. The summed E-state index contributed by atoms with van der Waals surface area (Å²) in [7, 11) is 0. The largest absolute Gasteiger partial charge is 0.507 e. The standard InChI is InChI=1S/C31H27N7O7/c39-27(10-17-4-2-1-3-5-17)18-11-23(25-15-37(35-33-25)19-6-8-21(30(42)43)28(40)13-19)32-24(12-18)26-16-38(36-34-26)20-7-9-22(31(44)45)29(41)14-20/h6-9,11-17,40-41H,1-5,10H2,(H,42,43)(H,44,45). The minimum Gasteiger partial charge on any atom is -0.507 e. The number of rotatable bonds is 9. The van der Waals surface area contributed by atoms with Crippen LogP contribution in [0.4, 0.5) is 0 Å². The van der Waals surface area contributed by atoms with Gasteiger partial charge in [-0.3, -0.25) is 4.79 Å². The highest BCUT2D eigenvalue weighted by atomic mass is 16.4. The first kappa shape index (κ1) is 29.2. The number of carboxylic acids is 2. The Morgan fingerprint density at radius 1 is 0.689 bits per heavy atom. The number of carboxylic acid groups (broad SMARTS) is 2. The van der Waals surface area contributed by atoms with Crippen molar-refractivity contribution in [2.75, 3.05) is 0 Å². The molecule has 14 heteroatoms. The maximum atomic E-state index is 13.5. The van der Waals surface area contributed by atoms with Crippen LogP contribution in [0.2, 0.25) is 0 Å². The average Bonchev–Trinajstić information content (AvgIpc) is 3.72. The molecule has 0 radical (unpaired) electrons. The fourth-order valence-corrected chi connectivity index (χ4v) is 5.43. The van der Waals surface area contributed by atoms with Gasteiger partial charge in [-0.05, 0) is 42.3 Å². The van der Waals surface area contributed by atoms with Crippen LogP contribution in [0.1, 0.15) is 69.6 Å². The van der Waals surface area contributed by atoms with Crippen LogP contribution in [-0.2, 0) is 0 Å². The number of nitrogens with zero attached hydrogens (tertiary/aromatic N) is 7. The summed E-state index contributed by atoms with van der Waals surface area (Å²) in [6.07, 6.45) is 8.85. The molecule has 0 atom stereocenters. The Hall–Kier alpha value is -5.92. The van der Waals surface area contributed by atoms with Crippen LogP contribution in [0.5, 0.6) is 11.5 Å². The third kappa shape index (κ3) is 6.11. The van der Waals surface area contributed by atoms with Gasteiger partial charge in [0.1, 0.15) is 34.0 Å². The van der Waals surface area contributed by atoms with Crippen molar-refractivity contribution in [3.05, 3.63) is 77.6 Å². The number of phenols is 2. The molecule has 6 rings (SSSR count). The van der Waals surface area contributed by atoms with Gasteiger partial charge in [0.15, 0.2) is 5.78 Å². The van der Waals surface area contributed by atoms with E-state index in [-0.39, 0.29) is 16.9 Å². The molecule has 228 valence electrons. The summed E-state index contributed by atoms with van der Waals surface area (Å²) < 4.78 is 2.70. The van der Waals surface area contributed by atoms with E-state index in [0.29, 0.717) is 52.1 Å². The van der Waals surface area contributed by atoms with E-state index >= 15 is 0 Å². The highest BCUT2D eigenvalue weighted by Gasteiger charge is 2.22. The van der Waals surface area contributed by atoms with Crippen LogP contribution in [0, 0.1) is 5.92 Å². The number of carbonyl (C=O) groups excluding carboxylic acids is 1. The quantitative estimate of drug-likeness (QED) is 0.170. The molecule has 0 amide bonds. The Morgan fingerprint density at radius 2 is 1.18 bits per heavy atom. The molecule has 1 saturated carbocycles. The number of aromatic carboxylic acids is 2. The first-order chi connectivity index (χ1) is 21.7. The van der Waals surface area contributed by atoms with Crippen molar-refractivity contribution >= 4 is 17.7 Å². The van der Waals surface area contributed by atoms with E-state index in [4.69, 9.17) is 0 Å². The number of Topliss-reactive ketones (excluding diaryl/α,β-unsaturated/α-hetero) is 1. The minimum atomic E-state index is -1.27. The van der Waals surface area contributed by atoms with E-state index in [9.17, 15) is 34.8 Å². The molecular weight excluding hydrogens is 582 g/mol. The van der Waals surface area contributed by atoms with Crippen molar-refractivity contribution in [3.63, 3.8) is 0 Å². The second-order valence-electron chi connectivity index (χ2n) is 10.9. The van der Waals surface area contributed by atoms with Crippen LogP contribution in [0.25, 0.3) is 34.2 Å². The van der Waals surface area contributed by atoms with E-state index in [1.807, 2.05) is 0 Å². The number of aromatic hydroxyl groups is 2. The van der Waals surface area contributed by atoms with E-state index in [1.54, 1.807) is 24.5 Å². The van der Waals surface area contributed by atoms with Crippen molar-refractivity contribution in [1.82, 2.24) is 35.0 Å². The van der Waals surface area contributed by atoms with Gasteiger partial charge in [0, 0.05) is 24.1 Å². The monoisotopic (exact) mass is 609 g/mol. The number of pyridine rings is 1. The summed E-state index contributed by atoms with van der Waals surface area (Å²) >= 11 is 0. The van der Waals surface area contributed by atoms with Crippen molar-refractivity contribution < 1.29 is 34.8 Å². The molecule has 2 aromatic carbocycles. The first-order valence-corrected chi connectivity index (χ1v) is 14.2. The fourth-order valence-electron chi connectivity index (χ4n) is 5.43. The topological polar surface area (TPSA) is 206 Å². The number of aromatic nitrogens is 7. The van der Waals surface area contributed by atoms with Crippen molar-refractivity contribution in [2.24, 2.45) is 5.92 Å². The zero-order valence-electron chi connectivity index (χ0n) is 23.7. The lowest BCUT2D eigenvalue weighted by molar-refractivity contribution is 0.0682. The summed E-state index contributed by atoms with van der Waals surface area (Å²) in [4.78, 5) is 40.8. The van der Waals surface area contributed by atoms with Gasteiger partial charge in [-0.2, -0.15) is 0 Å². The molecule has 0 spiro atoms. The predicted octanol–water partition coefficient (Wildman–Crippen LogP) is 4.54. The van der Waals surface area contributed by atoms with Crippen LogP contribution in [0.3, 0.4) is 0 Å². The number of ketones is 1. The van der Waals surface area contributed by atoms with Gasteiger partial charge in [0.25, 0.3) is 0 Å². The highest BCUT2D eigenvalue weighted by Crippen LogP contribution is 2.30. The van der Waals surface area contributed by atoms with Gasteiger partial charge in [-0.25, -0.2) is 23.9 Å². The number of benzene rings is 2. The van der Waals surface area contributed by atoms with Gasteiger partial charge < -0.3 is 20.4 Å². The Balaban J connectivity index is 1.37.